The summed E-state index contributed by atoms with van der Waals surface area (Å²) in [5, 5.41) is 3.63. The molecule has 0 amide bonds. The lowest BCUT2D eigenvalue weighted by Gasteiger charge is -2.60. The van der Waals surface area contributed by atoms with Crippen LogP contribution in [0.4, 0.5) is 0 Å². The van der Waals surface area contributed by atoms with Gasteiger partial charge in [-0.05, 0) is 26.7 Å². The lowest BCUT2D eigenvalue weighted by Crippen LogP contribution is -2.71. The number of rotatable bonds is 1. The van der Waals surface area contributed by atoms with Crippen LogP contribution in [0, 0.1) is 11.3 Å². The van der Waals surface area contributed by atoms with Gasteiger partial charge in [0.2, 0.25) is 0 Å². The highest BCUT2D eigenvalue weighted by atomic mass is 32.2. The van der Waals surface area contributed by atoms with Gasteiger partial charge in [-0.1, -0.05) is 13.8 Å². The molecule has 0 bridgehead atoms. The average molecular weight is 358 g/mol. The molecule has 2 aliphatic heterocycles. The van der Waals surface area contributed by atoms with Crippen LogP contribution in [0.15, 0.2) is 4.99 Å². The number of hydrogen-bond acceptors (Lipinski definition) is 4. The third-order valence-electron chi connectivity index (χ3n) is 6.17. The number of sulfone groups is 1. The Labute approximate surface area is 146 Å². The van der Waals surface area contributed by atoms with E-state index in [4.69, 9.17) is 4.74 Å². The van der Waals surface area contributed by atoms with Crippen molar-refractivity contribution in [2.24, 2.45) is 16.3 Å². The van der Waals surface area contributed by atoms with Crippen LogP contribution < -0.4 is 5.32 Å². The molecule has 1 aliphatic carbocycles. The van der Waals surface area contributed by atoms with Crippen LogP contribution in [0.1, 0.15) is 40.5 Å². The summed E-state index contributed by atoms with van der Waals surface area (Å²) in [6.07, 6.45) is 2.62. The maximum absolute atomic E-state index is 12.2. The number of nitrogens with one attached hydrogen (secondary N) is 1. The van der Waals surface area contributed by atoms with Crippen molar-refractivity contribution in [3.05, 3.63) is 0 Å². The lowest BCUT2D eigenvalue weighted by atomic mass is 9.55. The Morgan fingerprint density at radius 3 is 2.62 bits per heavy atom. The standard InChI is InChI=1S/C17H31N3O3S/c1-16(2)11-20(8-10-24(16,21)22)15(18-5)19-13-12-7-6-9-23-14(12)17(13,3)4/h12-14H,6-11H2,1-5H3,(H,18,19). The SMILES string of the molecule is CN=C(NC1C2CCCOC2C1(C)C)N1CCS(=O)(=O)C(C)(C)C1. The van der Waals surface area contributed by atoms with Gasteiger partial charge in [-0.3, -0.25) is 4.99 Å². The zero-order chi connectivity index (χ0) is 17.8. The highest BCUT2D eigenvalue weighted by Gasteiger charge is 2.58. The Balaban J connectivity index is 1.72. The summed E-state index contributed by atoms with van der Waals surface area (Å²) < 4.78 is 29.7. The van der Waals surface area contributed by atoms with Gasteiger partial charge in [0.1, 0.15) is 0 Å². The average Bonchev–Trinajstić information content (AvgIpc) is 2.51. The molecule has 1 saturated carbocycles. The van der Waals surface area contributed by atoms with E-state index in [1.54, 1.807) is 20.9 Å². The second-order valence-corrected chi connectivity index (χ2v) is 11.3. The topological polar surface area (TPSA) is 71.0 Å². The van der Waals surface area contributed by atoms with Gasteiger partial charge < -0.3 is 15.0 Å². The van der Waals surface area contributed by atoms with Crippen LogP contribution in [-0.4, -0.2) is 68.7 Å². The van der Waals surface area contributed by atoms with E-state index < -0.39 is 14.6 Å². The van der Waals surface area contributed by atoms with Crippen molar-refractivity contribution >= 4 is 15.8 Å². The second-order valence-electron chi connectivity index (χ2n) is 8.59. The molecule has 3 unspecified atom stereocenters. The molecule has 2 saturated heterocycles. The van der Waals surface area contributed by atoms with Gasteiger partial charge in [0.15, 0.2) is 15.8 Å². The van der Waals surface area contributed by atoms with Crippen LogP contribution in [0.5, 0.6) is 0 Å². The van der Waals surface area contributed by atoms with Gasteiger partial charge in [0.05, 0.1) is 16.6 Å². The van der Waals surface area contributed by atoms with Crippen molar-refractivity contribution in [3.63, 3.8) is 0 Å². The molecule has 6 nitrogen and oxygen atoms in total. The minimum Gasteiger partial charge on any atom is -0.377 e. The van der Waals surface area contributed by atoms with Crippen LogP contribution in [-0.2, 0) is 14.6 Å². The molecule has 3 rings (SSSR count). The molecule has 0 radical (unpaired) electrons. The summed E-state index contributed by atoms with van der Waals surface area (Å²) in [6, 6.07) is 0.322. The zero-order valence-electron chi connectivity index (χ0n) is 15.5. The predicted molar refractivity (Wildman–Crippen MR) is 96.0 cm³/mol. The molecule has 3 atom stereocenters. The molecule has 1 N–H and O–H groups in total. The zero-order valence-corrected chi connectivity index (χ0v) is 16.3. The molecule has 0 aromatic heterocycles. The summed E-state index contributed by atoms with van der Waals surface area (Å²) in [5.74, 6) is 1.52. The number of fused-ring (bicyclic) bond motifs is 1. The van der Waals surface area contributed by atoms with Crippen LogP contribution in [0.2, 0.25) is 0 Å². The van der Waals surface area contributed by atoms with Crippen molar-refractivity contribution < 1.29 is 13.2 Å². The first-order valence-corrected chi connectivity index (χ1v) is 10.6. The van der Waals surface area contributed by atoms with Gasteiger partial charge in [0.25, 0.3) is 0 Å². The van der Waals surface area contributed by atoms with Crippen molar-refractivity contribution in [2.75, 3.05) is 32.5 Å². The molecule has 138 valence electrons. The normalized spacial score (nSPS) is 37.3. The molecule has 7 heteroatoms. The minimum atomic E-state index is -3.04. The first-order valence-electron chi connectivity index (χ1n) is 8.92. The first kappa shape index (κ1) is 18.0. The monoisotopic (exact) mass is 357 g/mol. The molecular weight excluding hydrogens is 326 g/mol. The Bertz CT molecular complexity index is 627. The quantitative estimate of drug-likeness (QED) is 0.565. The van der Waals surface area contributed by atoms with E-state index in [1.165, 1.54) is 6.42 Å². The van der Waals surface area contributed by atoms with E-state index in [9.17, 15) is 8.42 Å². The molecule has 0 aromatic rings. The first-order chi connectivity index (χ1) is 11.1. The van der Waals surface area contributed by atoms with E-state index >= 15 is 0 Å². The fourth-order valence-corrected chi connectivity index (χ4v) is 5.94. The largest absolute Gasteiger partial charge is 0.377 e. The van der Waals surface area contributed by atoms with E-state index in [0.29, 0.717) is 31.2 Å². The van der Waals surface area contributed by atoms with E-state index in [0.717, 1.165) is 19.0 Å². The third-order valence-corrected chi connectivity index (χ3v) is 8.70. The van der Waals surface area contributed by atoms with E-state index in [2.05, 4.69) is 29.1 Å². The van der Waals surface area contributed by atoms with E-state index in [1.807, 2.05) is 0 Å². The minimum absolute atomic E-state index is 0.0679. The number of aliphatic imine (C=N–C) groups is 1. The summed E-state index contributed by atoms with van der Waals surface area (Å²) in [7, 11) is -1.27. The molecule has 2 heterocycles. The maximum Gasteiger partial charge on any atom is 0.193 e. The fourth-order valence-electron chi connectivity index (χ4n) is 4.58. The number of guanidine groups is 1. The smallest absolute Gasteiger partial charge is 0.193 e. The molecule has 0 aromatic carbocycles. The summed E-state index contributed by atoms with van der Waals surface area (Å²) in [5.41, 5.74) is 0.0679. The van der Waals surface area contributed by atoms with Gasteiger partial charge in [-0.15, -0.1) is 0 Å². The molecule has 0 spiro atoms. The van der Waals surface area contributed by atoms with Gasteiger partial charge in [-0.2, -0.15) is 0 Å². The van der Waals surface area contributed by atoms with Crippen LogP contribution in [0.3, 0.4) is 0 Å². The fraction of sp³-hybridized carbons (Fsp3) is 0.941. The Morgan fingerprint density at radius 1 is 1.29 bits per heavy atom. The van der Waals surface area contributed by atoms with Crippen LogP contribution in [0.25, 0.3) is 0 Å². The predicted octanol–water partition coefficient (Wildman–Crippen LogP) is 1.27. The van der Waals surface area contributed by atoms with Gasteiger partial charge >= 0.3 is 0 Å². The highest BCUT2D eigenvalue weighted by molar-refractivity contribution is 7.92. The number of nitrogens with zero attached hydrogens (tertiary/aromatic N) is 2. The van der Waals surface area contributed by atoms with Gasteiger partial charge in [0, 0.05) is 44.1 Å². The van der Waals surface area contributed by atoms with E-state index in [-0.39, 0.29) is 11.2 Å². The summed E-state index contributed by atoms with van der Waals surface area (Å²) in [4.78, 5) is 6.54. The van der Waals surface area contributed by atoms with Gasteiger partial charge in [-0.25, -0.2) is 8.42 Å². The molecular formula is C17H31N3O3S. The molecule has 24 heavy (non-hydrogen) atoms. The van der Waals surface area contributed by atoms with Crippen molar-refractivity contribution in [1.82, 2.24) is 10.2 Å². The van der Waals surface area contributed by atoms with Crippen molar-refractivity contribution in [1.29, 1.82) is 0 Å². The second kappa shape index (κ2) is 5.87. The third kappa shape index (κ3) is 2.73. The van der Waals surface area contributed by atoms with Crippen molar-refractivity contribution in [3.8, 4) is 0 Å². The summed E-state index contributed by atoms with van der Waals surface area (Å²) >= 11 is 0. The number of hydrogen-bond donors (Lipinski definition) is 1. The van der Waals surface area contributed by atoms with Crippen LogP contribution >= 0.6 is 0 Å². The maximum atomic E-state index is 12.2. The summed E-state index contributed by atoms with van der Waals surface area (Å²) in [6.45, 7) is 9.95. The Morgan fingerprint density at radius 2 is 2.00 bits per heavy atom. The lowest BCUT2D eigenvalue weighted by molar-refractivity contribution is -0.188. The highest BCUT2D eigenvalue weighted by Crippen LogP contribution is 2.51. The number of ether oxygens (including phenoxy) is 1. The molecule has 3 aliphatic rings. The Hall–Kier alpha value is -0.820. The molecule has 3 fully saturated rings. The Kier molecular flexibility index (Phi) is 4.40. The van der Waals surface area contributed by atoms with Crippen molar-refractivity contribution in [2.45, 2.75) is 57.4 Å².